The summed E-state index contributed by atoms with van der Waals surface area (Å²) in [5.41, 5.74) is 5.38. The second-order valence-electron chi connectivity index (χ2n) is 7.80. The molecular weight excluding hydrogens is 370 g/mol. The monoisotopic (exact) mass is 395 g/mol. The fraction of sp³-hybridized carbons (Fsp3) is 0.391. The van der Waals surface area contributed by atoms with Crippen LogP contribution in [0.3, 0.4) is 0 Å². The molecule has 1 aliphatic carbocycles. The van der Waals surface area contributed by atoms with Gasteiger partial charge in [-0.3, -0.25) is 4.79 Å². The largest absolute Gasteiger partial charge is 0.352 e. The molecule has 1 aromatic heterocycles. The van der Waals surface area contributed by atoms with Crippen molar-refractivity contribution in [3.63, 3.8) is 0 Å². The molecule has 1 N–H and O–H groups in total. The molecule has 1 atom stereocenters. The van der Waals surface area contributed by atoms with Crippen LogP contribution in [-0.2, 0) is 11.2 Å². The molecule has 3 aromatic rings. The lowest BCUT2D eigenvalue weighted by Crippen LogP contribution is -2.34. The molecule has 1 fully saturated rings. The summed E-state index contributed by atoms with van der Waals surface area (Å²) < 4.78 is 2.13. The first kappa shape index (κ1) is 19.0. The van der Waals surface area contributed by atoms with Crippen molar-refractivity contribution in [2.45, 2.75) is 58.5 Å². The molecule has 0 saturated heterocycles. The number of rotatable bonds is 6. The summed E-state index contributed by atoms with van der Waals surface area (Å²) in [5.74, 6) is 0.967. The number of benzene rings is 2. The van der Waals surface area contributed by atoms with Gasteiger partial charge in [-0.05, 0) is 68.0 Å². The Morgan fingerprint density at radius 2 is 1.96 bits per heavy atom. The molecule has 4 rings (SSSR count). The van der Waals surface area contributed by atoms with E-state index in [1.807, 2.05) is 24.3 Å². The maximum Gasteiger partial charge on any atom is 0.243 e. The van der Waals surface area contributed by atoms with Crippen molar-refractivity contribution in [2.75, 3.05) is 0 Å². The van der Waals surface area contributed by atoms with Gasteiger partial charge >= 0.3 is 0 Å². The molecule has 2 aromatic carbocycles. The Hall–Kier alpha value is -2.33. The molecule has 0 bridgehead atoms. The molecule has 28 heavy (non-hydrogen) atoms. The fourth-order valence-corrected chi connectivity index (χ4v) is 3.90. The van der Waals surface area contributed by atoms with E-state index >= 15 is 0 Å². The predicted octanol–water partition coefficient (Wildman–Crippen LogP) is 5.13. The summed E-state index contributed by atoms with van der Waals surface area (Å²) in [4.78, 5) is 17.9. The van der Waals surface area contributed by atoms with E-state index in [4.69, 9.17) is 16.6 Å². The Bertz CT molecular complexity index is 1040. The molecule has 1 aliphatic rings. The highest BCUT2D eigenvalue weighted by Crippen LogP contribution is 2.30. The van der Waals surface area contributed by atoms with Gasteiger partial charge in [0.15, 0.2) is 0 Å². The number of carbonyl (C=O) groups is 1. The van der Waals surface area contributed by atoms with Crippen LogP contribution in [0, 0.1) is 13.8 Å². The van der Waals surface area contributed by atoms with Crippen molar-refractivity contribution in [3.8, 4) is 0 Å². The number of halogens is 1. The summed E-state index contributed by atoms with van der Waals surface area (Å²) in [5, 5.41) is 3.90. The highest BCUT2D eigenvalue weighted by Gasteiger charge is 2.30. The molecule has 1 saturated carbocycles. The molecule has 0 spiro atoms. The van der Waals surface area contributed by atoms with Gasteiger partial charge in [0.05, 0.1) is 11.0 Å². The quantitative estimate of drug-likeness (QED) is 0.629. The smallest absolute Gasteiger partial charge is 0.243 e. The van der Waals surface area contributed by atoms with Crippen LogP contribution in [0.4, 0.5) is 0 Å². The van der Waals surface area contributed by atoms with E-state index in [1.54, 1.807) is 0 Å². The third kappa shape index (κ3) is 3.66. The number of imidazole rings is 1. The van der Waals surface area contributed by atoms with Crippen molar-refractivity contribution in [3.05, 3.63) is 63.9 Å². The molecule has 0 aliphatic heterocycles. The van der Waals surface area contributed by atoms with Crippen LogP contribution >= 0.6 is 11.6 Å². The van der Waals surface area contributed by atoms with Crippen LogP contribution in [0.1, 0.15) is 54.7 Å². The normalized spacial score (nSPS) is 15.0. The minimum absolute atomic E-state index is 0.0861. The highest BCUT2D eigenvalue weighted by atomic mass is 35.5. The SMILES string of the molecule is CC[C@H](C(=O)NC1CC1)n1c(Cc2ccccc2Cl)nc2cc(C)c(C)cc21. The van der Waals surface area contributed by atoms with E-state index in [-0.39, 0.29) is 11.9 Å². The number of aromatic nitrogens is 2. The number of nitrogens with one attached hydrogen (secondary N) is 1. The first-order chi connectivity index (χ1) is 13.5. The molecular formula is C23H26ClN3O. The molecule has 146 valence electrons. The Balaban J connectivity index is 1.83. The molecule has 4 nitrogen and oxygen atoms in total. The summed E-state index contributed by atoms with van der Waals surface area (Å²) in [6.45, 7) is 6.26. The van der Waals surface area contributed by atoms with Gasteiger partial charge in [-0.25, -0.2) is 4.98 Å². The zero-order valence-corrected chi connectivity index (χ0v) is 17.4. The Morgan fingerprint density at radius 3 is 2.64 bits per heavy atom. The van der Waals surface area contributed by atoms with Crippen molar-refractivity contribution in [1.82, 2.24) is 14.9 Å². The van der Waals surface area contributed by atoms with E-state index in [1.165, 1.54) is 11.1 Å². The Labute approximate surface area is 170 Å². The van der Waals surface area contributed by atoms with Gasteiger partial charge in [0, 0.05) is 17.5 Å². The predicted molar refractivity (Wildman–Crippen MR) is 114 cm³/mol. The molecule has 0 unspecified atom stereocenters. The van der Waals surface area contributed by atoms with Gasteiger partial charge in [0.2, 0.25) is 5.91 Å². The van der Waals surface area contributed by atoms with Crippen LogP contribution in [0.25, 0.3) is 11.0 Å². The van der Waals surface area contributed by atoms with Crippen LogP contribution in [0.15, 0.2) is 36.4 Å². The average molecular weight is 396 g/mol. The minimum atomic E-state index is -0.273. The summed E-state index contributed by atoms with van der Waals surface area (Å²) in [7, 11) is 0. The second kappa shape index (κ2) is 7.59. The molecule has 1 heterocycles. The maximum atomic E-state index is 13.0. The van der Waals surface area contributed by atoms with Crippen LogP contribution in [0.5, 0.6) is 0 Å². The first-order valence-electron chi connectivity index (χ1n) is 9.99. The van der Waals surface area contributed by atoms with Crippen molar-refractivity contribution in [2.24, 2.45) is 0 Å². The van der Waals surface area contributed by atoms with Gasteiger partial charge in [0.1, 0.15) is 11.9 Å². The van der Waals surface area contributed by atoms with Gasteiger partial charge in [-0.1, -0.05) is 36.7 Å². The van der Waals surface area contributed by atoms with Crippen LogP contribution in [-0.4, -0.2) is 21.5 Å². The number of aryl methyl sites for hydroxylation is 2. The third-order valence-corrected chi connectivity index (χ3v) is 5.98. The van der Waals surface area contributed by atoms with Crippen LogP contribution in [0.2, 0.25) is 5.02 Å². The van der Waals surface area contributed by atoms with E-state index in [0.29, 0.717) is 18.9 Å². The van der Waals surface area contributed by atoms with Crippen molar-refractivity contribution < 1.29 is 4.79 Å². The van der Waals surface area contributed by atoms with Gasteiger partial charge in [-0.2, -0.15) is 0 Å². The van der Waals surface area contributed by atoms with E-state index in [0.717, 1.165) is 40.3 Å². The maximum absolute atomic E-state index is 13.0. The highest BCUT2D eigenvalue weighted by molar-refractivity contribution is 6.31. The number of amides is 1. The first-order valence-corrected chi connectivity index (χ1v) is 10.4. The lowest BCUT2D eigenvalue weighted by atomic mass is 10.1. The molecule has 5 heteroatoms. The van der Waals surface area contributed by atoms with Gasteiger partial charge in [0.25, 0.3) is 0 Å². The Kier molecular flexibility index (Phi) is 5.15. The van der Waals surface area contributed by atoms with E-state index < -0.39 is 0 Å². The van der Waals surface area contributed by atoms with Gasteiger partial charge in [-0.15, -0.1) is 0 Å². The molecule has 1 amide bonds. The van der Waals surface area contributed by atoms with Crippen molar-refractivity contribution >= 4 is 28.5 Å². The Morgan fingerprint density at radius 1 is 1.25 bits per heavy atom. The lowest BCUT2D eigenvalue weighted by Gasteiger charge is -2.20. The number of hydrogen-bond donors (Lipinski definition) is 1. The minimum Gasteiger partial charge on any atom is -0.352 e. The number of carbonyl (C=O) groups excluding carboxylic acids is 1. The van der Waals surface area contributed by atoms with Crippen molar-refractivity contribution in [1.29, 1.82) is 0 Å². The lowest BCUT2D eigenvalue weighted by molar-refractivity contribution is -0.124. The van der Waals surface area contributed by atoms with E-state index in [2.05, 4.69) is 42.8 Å². The summed E-state index contributed by atoms with van der Waals surface area (Å²) >= 11 is 6.41. The standard InChI is InChI=1S/C23H26ClN3O/c1-4-20(23(28)25-17-9-10-17)27-21-12-15(3)14(2)11-19(21)26-22(27)13-16-7-5-6-8-18(16)24/h5-8,11-12,17,20H,4,9-10,13H2,1-3H3,(H,25,28)/t20-/m1/s1. The summed E-state index contributed by atoms with van der Waals surface area (Å²) in [6, 6.07) is 12.2. The number of nitrogens with zero attached hydrogens (tertiary/aromatic N) is 2. The number of hydrogen-bond acceptors (Lipinski definition) is 2. The average Bonchev–Trinajstić information content (AvgIpc) is 3.41. The van der Waals surface area contributed by atoms with Crippen LogP contribution < -0.4 is 5.32 Å². The number of fused-ring (bicyclic) bond motifs is 1. The van der Waals surface area contributed by atoms with Gasteiger partial charge < -0.3 is 9.88 Å². The van der Waals surface area contributed by atoms with E-state index in [9.17, 15) is 4.79 Å². The summed E-state index contributed by atoms with van der Waals surface area (Å²) in [6.07, 6.45) is 3.47. The third-order valence-electron chi connectivity index (χ3n) is 5.61. The second-order valence-corrected chi connectivity index (χ2v) is 8.21. The zero-order valence-electron chi connectivity index (χ0n) is 16.6. The topological polar surface area (TPSA) is 46.9 Å². The zero-order chi connectivity index (χ0) is 19.8. The fourth-order valence-electron chi connectivity index (χ4n) is 3.70. The molecule has 0 radical (unpaired) electrons.